The van der Waals surface area contributed by atoms with Crippen LogP contribution in [0.3, 0.4) is 0 Å². The van der Waals surface area contributed by atoms with Crippen LogP contribution in [0.5, 0.6) is 0 Å². The van der Waals surface area contributed by atoms with Gasteiger partial charge in [0.15, 0.2) is 0 Å². The van der Waals surface area contributed by atoms with E-state index in [9.17, 15) is 4.79 Å². The van der Waals surface area contributed by atoms with Crippen molar-refractivity contribution >= 4 is 17.3 Å². The second-order valence-corrected chi connectivity index (χ2v) is 6.00. The number of aromatic nitrogens is 1. The molecule has 1 fully saturated rings. The molecule has 4 heteroatoms. The van der Waals surface area contributed by atoms with E-state index < -0.39 is 0 Å². The summed E-state index contributed by atoms with van der Waals surface area (Å²) in [5.41, 5.74) is 2.45. The topological polar surface area (TPSA) is 45.2 Å². The highest BCUT2D eigenvalue weighted by atomic mass is 16.1. The number of hydrogen-bond donors (Lipinski definition) is 1. The first-order valence-electron chi connectivity index (χ1n) is 8.36. The van der Waals surface area contributed by atoms with Crippen molar-refractivity contribution in [2.75, 3.05) is 16.8 Å². The first kappa shape index (κ1) is 15.5. The Kier molecular flexibility index (Phi) is 4.91. The highest BCUT2D eigenvalue weighted by molar-refractivity contribution is 6.04. The zero-order valence-electron chi connectivity index (χ0n) is 13.5. The number of hydrogen-bond acceptors (Lipinski definition) is 3. The molecule has 1 aliphatic heterocycles. The monoisotopic (exact) mass is 309 g/mol. The van der Waals surface area contributed by atoms with Gasteiger partial charge in [-0.05, 0) is 43.9 Å². The molecule has 4 nitrogen and oxygen atoms in total. The largest absolute Gasteiger partial charge is 0.367 e. The first-order valence-corrected chi connectivity index (χ1v) is 8.36. The average molecular weight is 309 g/mol. The maximum atomic E-state index is 12.4. The number of para-hydroxylation sites is 1. The number of carbonyl (C=O) groups excluding carboxylic acids is 1. The highest BCUT2D eigenvalue weighted by Crippen LogP contribution is 2.26. The number of piperidine rings is 1. The molecule has 1 aromatic heterocycles. The summed E-state index contributed by atoms with van der Waals surface area (Å²) in [4.78, 5) is 19.1. The molecule has 1 saturated heterocycles. The summed E-state index contributed by atoms with van der Waals surface area (Å²) in [5, 5.41) is 2.92. The Balaban J connectivity index is 1.78. The number of carbonyl (C=O) groups is 1. The van der Waals surface area contributed by atoms with Gasteiger partial charge in [0, 0.05) is 24.5 Å². The van der Waals surface area contributed by atoms with Gasteiger partial charge in [-0.15, -0.1) is 0 Å². The minimum atomic E-state index is -0.115. The van der Waals surface area contributed by atoms with Crippen LogP contribution in [-0.4, -0.2) is 23.5 Å². The van der Waals surface area contributed by atoms with Crippen molar-refractivity contribution in [3.05, 3.63) is 54.4 Å². The number of nitrogens with one attached hydrogen (secondary N) is 1. The van der Waals surface area contributed by atoms with Gasteiger partial charge in [0.2, 0.25) is 0 Å². The van der Waals surface area contributed by atoms with Gasteiger partial charge in [0.05, 0.1) is 17.4 Å². The Hall–Kier alpha value is -2.36. The molecule has 1 unspecified atom stereocenters. The summed E-state index contributed by atoms with van der Waals surface area (Å²) in [6, 6.07) is 12.0. The van der Waals surface area contributed by atoms with Crippen LogP contribution in [0.15, 0.2) is 48.8 Å². The summed E-state index contributed by atoms with van der Waals surface area (Å²) in [7, 11) is 0. The van der Waals surface area contributed by atoms with E-state index in [1.54, 1.807) is 6.20 Å². The van der Waals surface area contributed by atoms with Gasteiger partial charge in [-0.3, -0.25) is 9.78 Å². The standard InChI is InChI=1S/C19H23N3O/c1-2-17-10-6-7-11-22(17)18-12-15(13-20-14-18)19(23)21-16-8-4-3-5-9-16/h3-5,8-9,12-14,17H,2,6-7,10-11H2,1H3,(H,21,23). The van der Waals surface area contributed by atoms with Crippen LogP contribution >= 0.6 is 0 Å². The zero-order valence-corrected chi connectivity index (χ0v) is 13.5. The van der Waals surface area contributed by atoms with E-state index in [1.807, 2.05) is 42.6 Å². The molecule has 2 heterocycles. The number of nitrogens with zero attached hydrogens (tertiary/aromatic N) is 2. The molecule has 1 aromatic carbocycles. The summed E-state index contributed by atoms with van der Waals surface area (Å²) in [6.07, 6.45) is 8.34. The molecule has 1 atom stereocenters. The van der Waals surface area contributed by atoms with E-state index in [1.165, 1.54) is 19.3 Å². The van der Waals surface area contributed by atoms with Crippen molar-refractivity contribution in [3.63, 3.8) is 0 Å². The normalized spacial score (nSPS) is 17.8. The van der Waals surface area contributed by atoms with Gasteiger partial charge in [-0.25, -0.2) is 0 Å². The number of rotatable bonds is 4. The van der Waals surface area contributed by atoms with Crippen LogP contribution in [0.2, 0.25) is 0 Å². The molecule has 1 amide bonds. The van der Waals surface area contributed by atoms with Crippen LogP contribution < -0.4 is 10.2 Å². The van der Waals surface area contributed by atoms with Crippen molar-refractivity contribution < 1.29 is 4.79 Å². The van der Waals surface area contributed by atoms with Gasteiger partial charge in [-0.1, -0.05) is 25.1 Å². The summed E-state index contributed by atoms with van der Waals surface area (Å²) in [6.45, 7) is 3.27. The fourth-order valence-electron chi connectivity index (χ4n) is 3.20. The van der Waals surface area contributed by atoms with Crippen LogP contribution in [-0.2, 0) is 0 Å². The maximum Gasteiger partial charge on any atom is 0.257 e. The van der Waals surface area contributed by atoms with Crippen molar-refractivity contribution in [1.82, 2.24) is 4.98 Å². The molecule has 3 rings (SSSR count). The molecule has 1 N–H and O–H groups in total. The molecular formula is C19H23N3O. The molecular weight excluding hydrogens is 286 g/mol. The molecule has 23 heavy (non-hydrogen) atoms. The molecule has 0 bridgehead atoms. The van der Waals surface area contributed by atoms with Crippen molar-refractivity contribution in [2.45, 2.75) is 38.6 Å². The Morgan fingerprint density at radius 1 is 1.26 bits per heavy atom. The maximum absolute atomic E-state index is 12.4. The van der Waals surface area contributed by atoms with Crippen molar-refractivity contribution in [1.29, 1.82) is 0 Å². The summed E-state index contributed by atoms with van der Waals surface area (Å²) >= 11 is 0. The van der Waals surface area contributed by atoms with Crippen LogP contribution in [0.25, 0.3) is 0 Å². The summed E-state index contributed by atoms with van der Waals surface area (Å²) < 4.78 is 0. The van der Waals surface area contributed by atoms with Crippen LogP contribution in [0.4, 0.5) is 11.4 Å². The predicted molar refractivity (Wildman–Crippen MR) is 93.9 cm³/mol. The molecule has 120 valence electrons. The third kappa shape index (κ3) is 3.70. The van der Waals surface area contributed by atoms with E-state index in [0.29, 0.717) is 11.6 Å². The molecule has 0 saturated carbocycles. The number of anilines is 2. The van der Waals surface area contributed by atoms with Crippen LogP contribution in [0, 0.1) is 0 Å². The predicted octanol–water partition coefficient (Wildman–Crippen LogP) is 4.10. The van der Waals surface area contributed by atoms with Crippen molar-refractivity contribution in [2.24, 2.45) is 0 Å². The number of amides is 1. The van der Waals surface area contributed by atoms with E-state index in [-0.39, 0.29) is 5.91 Å². The Morgan fingerprint density at radius 2 is 2.09 bits per heavy atom. The van der Waals surface area contributed by atoms with Gasteiger partial charge in [-0.2, -0.15) is 0 Å². The lowest BCUT2D eigenvalue weighted by Gasteiger charge is -2.37. The second-order valence-electron chi connectivity index (χ2n) is 6.00. The van der Waals surface area contributed by atoms with Crippen molar-refractivity contribution in [3.8, 4) is 0 Å². The molecule has 0 spiro atoms. The lowest BCUT2D eigenvalue weighted by molar-refractivity contribution is 0.102. The second kappa shape index (κ2) is 7.27. The summed E-state index contributed by atoms with van der Waals surface area (Å²) in [5.74, 6) is -0.115. The van der Waals surface area contributed by atoms with E-state index in [4.69, 9.17) is 0 Å². The van der Waals surface area contributed by atoms with Gasteiger partial charge < -0.3 is 10.2 Å². The minimum Gasteiger partial charge on any atom is -0.367 e. The first-order chi connectivity index (χ1) is 11.3. The smallest absolute Gasteiger partial charge is 0.257 e. The fraction of sp³-hybridized carbons (Fsp3) is 0.368. The SMILES string of the molecule is CCC1CCCCN1c1cncc(C(=O)Nc2ccccc2)c1. The minimum absolute atomic E-state index is 0.115. The number of pyridine rings is 1. The van der Waals surface area contributed by atoms with E-state index >= 15 is 0 Å². The van der Waals surface area contributed by atoms with Gasteiger partial charge in [0.1, 0.15) is 0 Å². The highest BCUT2D eigenvalue weighted by Gasteiger charge is 2.22. The molecule has 1 aliphatic rings. The van der Waals surface area contributed by atoms with E-state index in [0.717, 1.165) is 24.3 Å². The Morgan fingerprint density at radius 3 is 2.87 bits per heavy atom. The third-order valence-corrected chi connectivity index (χ3v) is 4.45. The lowest BCUT2D eigenvalue weighted by atomic mass is 9.99. The van der Waals surface area contributed by atoms with Gasteiger partial charge in [0.25, 0.3) is 5.91 Å². The third-order valence-electron chi connectivity index (χ3n) is 4.45. The molecule has 2 aromatic rings. The number of benzene rings is 1. The fourth-order valence-corrected chi connectivity index (χ4v) is 3.20. The van der Waals surface area contributed by atoms with Gasteiger partial charge >= 0.3 is 0 Å². The average Bonchev–Trinajstić information content (AvgIpc) is 2.62. The zero-order chi connectivity index (χ0) is 16.1. The Labute approximate surface area is 137 Å². The molecule has 0 radical (unpaired) electrons. The Bertz CT molecular complexity index is 657. The van der Waals surface area contributed by atoms with Crippen LogP contribution in [0.1, 0.15) is 43.0 Å². The van der Waals surface area contributed by atoms with E-state index in [2.05, 4.69) is 22.1 Å². The molecule has 0 aliphatic carbocycles. The quantitative estimate of drug-likeness (QED) is 0.924. The lowest BCUT2D eigenvalue weighted by Crippen LogP contribution is -2.39.